The number of carbonyl (C=O) groups excluding carboxylic acids is 1. The molecule has 0 aromatic heterocycles. The van der Waals surface area contributed by atoms with Crippen molar-refractivity contribution in [3.05, 3.63) is 53.8 Å². The summed E-state index contributed by atoms with van der Waals surface area (Å²) in [5.74, 6) is 0.942. The molecule has 6 heteroatoms. The number of rotatable bonds is 8. The lowest BCUT2D eigenvalue weighted by Gasteiger charge is -2.24. The SMILES string of the molecule is CCOc1ccc(C(NC(=O)Nc2ccccc2F)C(C)C)cc1OCC. The Bertz CT molecular complexity index is 765. The molecule has 2 amide bonds. The maximum Gasteiger partial charge on any atom is 0.319 e. The van der Waals surface area contributed by atoms with Crippen molar-refractivity contribution in [3.63, 3.8) is 0 Å². The number of urea groups is 1. The summed E-state index contributed by atoms with van der Waals surface area (Å²) >= 11 is 0. The van der Waals surface area contributed by atoms with E-state index < -0.39 is 11.8 Å². The molecule has 0 aliphatic carbocycles. The number of halogens is 1. The molecule has 0 aliphatic heterocycles. The summed E-state index contributed by atoms with van der Waals surface area (Å²) < 4.78 is 25.0. The predicted molar refractivity (Wildman–Crippen MR) is 105 cm³/mol. The summed E-state index contributed by atoms with van der Waals surface area (Å²) in [6, 6.07) is 10.9. The minimum atomic E-state index is -0.478. The Labute approximate surface area is 159 Å². The fraction of sp³-hybridized carbons (Fsp3) is 0.381. The third-order valence-corrected chi connectivity index (χ3v) is 4.00. The van der Waals surface area contributed by atoms with Crippen molar-refractivity contribution in [3.8, 4) is 11.5 Å². The van der Waals surface area contributed by atoms with Gasteiger partial charge >= 0.3 is 6.03 Å². The first-order valence-electron chi connectivity index (χ1n) is 9.17. The maximum atomic E-state index is 13.8. The van der Waals surface area contributed by atoms with Crippen LogP contribution in [0.5, 0.6) is 11.5 Å². The van der Waals surface area contributed by atoms with Gasteiger partial charge < -0.3 is 20.1 Å². The summed E-state index contributed by atoms with van der Waals surface area (Å²) in [5, 5.41) is 5.47. The maximum absolute atomic E-state index is 13.8. The van der Waals surface area contributed by atoms with Crippen LogP contribution in [0.15, 0.2) is 42.5 Å². The second-order valence-corrected chi connectivity index (χ2v) is 6.37. The molecule has 0 fully saturated rings. The molecule has 2 N–H and O–H groups in total. The number of amides is 2. The molecule has 0 saturated carbocycles. The third kappa shape index (κ3) is 5.61. The smallest absolute Gasteiger partial charge is 0.319 e. The number of ether oxygens (including phenoxy) is 2. The summed E-state index contributed by atoms with van der Waals surface area (Å²) in [6.07, 6.45) is 0. The van der Waals surface area contributed by atoms with Crippen molar-refractivity contribution in [2.45, 2.75) is 33.7 Å². The molecule has 2 rings (SSSR count). The number of nitrogens with one attached hydrogen (secondary N) is 2. The van der Waals surface area contributed by atoms with Crippen LogP contribution in [-0.2, 0) is 0 Å². The van der Waals surface area contributed by atoms with Gasteiger partial charge in [0, 0.05) is 0 Å². The molecule has 1 atom stereocenters. The second kappa shape index (κ2) is 9.80. The van der Waals surface area contributed by atoms with Gasteiger partial charge in [-0.25, -0.2) is 9.18 Å². The Morgan fingerprint density at radius 2 is 1.70 bits per heavy atom. The van der Waals surface area contributed by atoms with Crippen molar-refractivity contribution in [2.24, 2.45) is 5.92 Å². The number of carbonyl (C=O) groups is 1. The van der Waals surface area contributed by atoms with Gasteiger partial charge in [0.15, 0.2) is 11.5 Å². The van der Waals surface area contributed by atoms with Crippen LogP contribution in [0, 0.1) is 11.7 Å². The topological polar surface area (TPSA) is 59.6 Å². The molecule has 27 heavy (non-hydrogen) atoms. The quantitative estimate of drug-likeness (QED) is 0.672. The zero-order chi connectivity index (χ0) is 19.8. The summed E-state index contributed by atoms with van der Waals surface area (Å²) in [6.45, 7) is 8.88. The van der Waals surface area contributed by atoms with Gasteiger partial charge in [0.05, 0.1) is 24.9 Å². The van der Waals surface area contributed by atoms with E-state index in [2.05, 4.69) is 10.6 Å². The molecule has 0 heterocycles. The molecule has 0 bridgehead atoms. The van der Waals surface area contributed by atoms with Crippen molar-refractivity contribution in [1.29, 1.82) is 0 Å². The lowest BCUT2D eigenvalue weighted by Crippen LogP contribution is -2.35. The van der Waals surface area contributed by atoms with Crippen molar-refractivity contribution in [1.82, 2.24) is 5.32 Å². The van der Waals surface area contributed by atoms with E-state index >= 15 is 0 Å². The predicted octanol–water partition coefficient (Wildman–Crippen LogP) is 5.14. The minimum Gasteiger partial charge on any atom is -0.490 e. The van der Waals surface area contributed by atoms with E-state index in [0.29, 0.717) is 24.7 Å². The van der Waals surface area contributed by atoms with E-state index in [-0.39, 0.29) is 17.6 Å². The molecule has 146 valence electrons. The summed E-state index contributed by atoms with van der Waals surface area (Å²) in [5.41, 5.74) is 1.03. The Morgan fingerprint density at radius 1 is 1.04 bits per heavy atom. The minimum absolute atomic E-state index is 0.115. The second-order valence-electron chi connectivity index (χ2n) is 6.37. The van der Waals surface area contributed by atoms with E-state index in [9.17, 15) is 9.18 Å². The Hall–Kier alpha value is -2.76. The molecule has 2 aromatic rings. The molecule has 2 aromatic carbocycles. The molecule has 0 saturated heterocycles. The van der Waals surface area contributed by atoms with Crippen LogP contribution in [-0.4, -0.2) is 19.2 Å². The molecule has 5 nitrogen and oxygen atoms in total. The molecular formula is C21H27FN2O3. The molecule has 0 radical (unpaired) electrons. The van der Waals surface area contributed by atoms with E-state index in [0.717, 1.165) is 5.56 Å². The number of anilines is 1. The van der Waals surface area contributed by atoms with Crippen LogP contribution in [0.3, 0.4) is 0 Å². The average molecular weight is 374 g/mol. The standard InChI is InChI=1S/C21H27FN2O3/c1-5-26-18-12-11-15(13-19(18)27-6-2)20(14(3)4)24-21(25)23-17-10-8-7-9-16(17)22/h7-14,20H,5-6H2,1-4H3,(H2,23,24,25). The highest BCUT2D eigenvalue weighted by Gasteiger charge is 2.21. The van der Waals surface area contributed by atoms with Gasteiger partial charge in [-0.15, -0.1) is 0 Å². The zero-order valence-electron chi connectivity index (χ0n) is 16.2. The molecular weight excluding hydrogens is 347 g/mol. The molecule has 0 spiro atoms. The van der Waals surface area contributed by atoms with Gasteiger partial charge in [-0.3, -0.25) is 0 Å². The number of benzene rings is 2. The molecule has 1 unspecified atom stereocenters. The van der Waals surface area contributed by atoms with Gasteiger partial charge in [-0.2, -0.15) is 0 Å². The van der Waals surface area contributed by atoms with Gasteiger partial charge in [0.25, 0.3) is 0 Å². The van der Waals surface area contributed by atoms with Crippen LogP contribution in [0.25, 0.3) is 0 Å². The van der Waals surface area contributed by atoms with Gasteiger partial charge in [0.2, 0.25) is 0 Å². The Balaban J connectivity index is 2.20. The number of para-hydroxylation sites is 1. The summed E-state index contributed by atoms with van der Waals surface area (Å²) in [4.78, 5) is 12.4. The van der Waals surface area contributed by atoms with Crippen LogP contribution in [0.2, 0.25) is 0 Å². The first-order valence-corrected chi connectivity index (χ1v) is 9.17. The van der Waals surface area contributed by atoms with Crippen molar-refractivity contribution >= 4 is 11.7 Å². The third-order valence-electron chi connectivity index (χ3n) is 4.00. The highest BCUT2D eigenvalue weighted by molar-refractivity contribution is 5.89. The first-order chi connectivity index (χ1) is 13.0. The van der Waals surface area contributed by atoms with Crippen LogP contribution >= 0.6 is 0 Å². The van der Waals surface area contributed by atoms with Gasteiger partial charge in [-0.05, 0) is 49.6 Å². The monoisotopic (exact) mass is 374 g/mol. The van der Waals surface area contributed by atoms with Crippen molar-refractivity contribution in [2.75, 3.05) is 18.5 Å². The summed E-state index contributed by atoms with van der Waals surface area (Å²) in [7, 11) is 0. The van der Waals surface area contributed by atoms with Crippen LogP contribution in [0.4, 0.5) is 14.9 Å². The van der Waals surface area contributed by atoms with E-state index in [1.54, 1.807) is 12.1 Å². The number of hydrogen-bond acceptors (Lipinski definition) is 3. The zero-order valence-corrected chi connectivity index (χ0v) is 16.2. The normalized spacial score (nSPS) is 11.8. The lowest BCUT2D eigenvalue weighted by molar-refractivity contribution is 0.244. The Morgan fingerprint density at radius 3 is 2.33 bits per heavy atom. The van der Waals surface area contributed by atoms with Gasteiger partial charge in [-0.1, -0.05) is 32.0 Å². The van der Waals surface area contributed by atoms with Crippen molar-refractivity contribution < 1.29 is 18.7 Å². The van der Waals surface area contributed by atoms with Crippen LogP contribution in [0.1, 0.15) is 39.3 Å². The lowest BCUT2D eigenvalue weighted by atomic mass is 9.95. The van der Waals surface area contributed by atoms with E-state index in [1.807, 2.05) is 45.9 Å². The first kappa shape index (κ1) is 20.6. The number of hydrogen-bond donors (Lipinski definition) is 2. The Kier molecular flexibility index (Phi) is 7.46. The van der Waals surface area contributed by atoms with E-state index in [4.69, 9.17) is 9.47 Å². The fourth-order valence-electron chi connectivity index (χ4n) is 2.76. The fourth-order valence-corrected chi connectivity index (χ4v) is 2.76. The largest absolute Gasteiger partial charge is 0.490 e. The molecule has 0 aliphatic rings. The van der Waals surface area contributed by atoms with E-state index in [1.165, 1.54) is 12.1 Å². The highest BCUT2D eigenvalue weighted by Crippen LogP contribution is 2.33. The highest BCUT2D eigenvalue weighted by atomic mass is 19.1. The average Bonchev–Trinajstić information content (AvgIpc) is 2.63. The van der Waals surface area contributed by atoms with Gasteiger partial charge in [0.1, 0.15) is 5.82 Å². The van der Waals surface area contributed by atoms with Crippen LogP contribution < -0.4 is 20.1 Å².